The Hall–Kier alpha value is -3.29. The number of carbonyl (C=O) groups excluding carboxylic acids is 1. The molecule has 8 heteroatoms. The topological polar surface area (TPSA) is 78.5 Å². The number of hydrogen-bond acceptors (Lipinski definition) is 7. The summed E-state index contributed by atoms with van der Waals surface area (Å²) in [6.45, 7) is 0.454. The molecule has 1 N–H and O–H groups in total. The molecule has 0 bridgehead atoms. The first-order valence-electron chi connectivity index (χ1n) is 8.56. The molecule has 140 valence electrons. The number of fused-ring (bicyclic) bond motifs is 3. The number of cyclic esters (lactones) is 1. The van der Waals surface area contributed by atoms with Crippen LogP contribution >= 0.6 is 0 Å². The van der Waals surface area contributed by atoms with Crippen molar-refractivity contribution in [2.24, 2.45) is 0 Å². The van der Waals surface area contributed by atoms with E-state index in [-0.39, 0.29) is 31.7 Å². The molecule has 3 heterocycles. The van der Waals surface area contributed by atoms with E-state index in [4.69, 9.17) is 23.7 Å². The lowest BCUT2D eigenvalue weighted by Gasteiger charge is -2.38. The molecular formula is C19H18N2O6. The van der Waals surface area contributed by atoms with Crippen molar-refractivity contribution in [1.29, 1.82) is 0 Å². The zero-order valence-corrected chi connectivity index (χ0v) is 14.9. The smallest absolute Gasteiger partial charge is 0.412 e. The fourth-order valence-electron chi connectivity index (χ4n) is 3.79. The number of nitrogens with one attached hydrogen (secondary N) is 1. The maximum atomic E-state index is 12.5. The zero-order chi connectivity index (χ0) is 18.5. The predicted molar refractivity (Wildman–Crippen MR) is 94.6 cm³/mol. The minimum Gasteiger partial charge on any atom is -0.497 e. The van der Waals surface area contributed by atoms with Gasteiger partial charge < -0.3 is 29.0 Å². The lowest BCUT2D eigenvalue weighted by Crippen LogP contribution is -2.45. The first-order valence-corrected chi connectivity index (χ1v) is 8.56. The fourth-order valence-corrected chi connectivity index (χ4v) is 3.79. The van der Waals surface area contributed by atoms with Gasteiger partial charge in [0.05, 0.1) is 20.3 Å². The highest BCUT2D eigenvalue weighted by molar-refractivity contribution is 5.77. The highest BCUT2D eigenvalue weighted by Crippen LogP contribution is 2.47. The number of nitrogens with zero attached hydrogens (tertiary/aromatic N) is 1. The first-order chi connectivity index (χ1) is 13.2. The lowest BCUT2D eigenvalue weighted by molar-refractivity contribution is 0.149. The summed E-state index contributed by atoms with van der Waals surface area (Å²) in [5.74, 6) is 2.63. The van der Waals surface area contributed by atoms with Crippen molar-refractivity contribution in [3.8, 4) is 23.0 Å². The van der Waals surface area contributed by atoms with E-state index in [0.717, 1.165) is 16.8 Å². The van der Waals surface area contributed by atoms with Crippen molar-refractivity contribution in [2.75, 3.05) is 32.9 Å². The number of methoxy groups -OCH3 is 2. The Morgan fingerprint density at radius 2 is 1.70 bits per heavy atom. The van der Waals surface area contributed by atoms with Gasteiger partial charge in [-0.25, -0.2) is 4.79 Å². The molecule has 3 aliphatic heterocycles. The number of benzene rings is 2. The summed E-state index contributed by atoms with van der Waals surface area (Å²) in [7, 11) is 3.19. The summed E-state index contributed by atoms with van der Waals surface area (Å²) < 4.78 is 27.2. The monoisotopic (exact) mass is 370 g/mol. The van der Waals surface area contributed by atoms with Crippen molar-refractivity contribution in [1.82, 2.24) is 4.90 Å². The summed E-state index contributed by atoms with van der Waals surface area (Å²) >= 11 is 0. The number of ether oxygens (including phenoxy) is 5. The van der Waals surface area contributed by atoms with Crippen LogP contribution in [0, 0.1) is 0 Å². The van der Waals surface area contributed by atoms with E-state index in [1.807, 2.05) is 24.3 Å². The molecule has 1 fully saturated rings. The van der Waals surface area contributed by atoms with Crippen LogP contribution in [0.4, 0.5) is 10.5 Å². The summed E-state index contributed by atoms with van der Waals surface area (Å²) in [5, 5.41) is 3.36. The van der Waals surface area contributed by atoms with Crippen LogP contribution < -0.4 is 24.3 Å². The molecule has 0 saturated carbocycles. The van der Waals surface area contributed by atoms with Crippen molar-refractivity contribution in [3.05, 3.63) is 41.5 Å². The van der Waals surface area contributed by atoms with Gasteiger partial charge in [-0.05, 0) is 23.8 Å². The van der Waals surface area contributed by atoms with Gasteiger partial charge in [-0.3, -0.25) is 4.90 Å². The third-order valence-corrected chi connectivity index (χ3v) is 5.04. The normalized spacial score (nSPS) is 21.9. The molecule has 0 radical (unpaired) electrons. The summed E-state index contributed by atoms with van der Waals surface area (Å²) in [5.41, 5.74) is 2.63. The Morgan fingerprint density at radius 1 is 1.00 bits per heavy atom. The molecule has 2 aromatic carbocycles. The Balaban J connectivity index is 1.70. The molecule has 1 amide bonds. The van der Waals surface area contributed by atoms with Crippen LogP contribution in [0.15, 0.2) is 30.3 Å². The van der Waals surface area contributed by atoms with Gasteiger partial charge in [-0.2, -0.15) is 0 Å². The maximum absolute atomic E-state index is 12.5. The van der Waals surface area contributed by atoms with Gasteiger partial charge in [0.25, 0.3) is 0 Å². The highest BCUT2D eigenvalue weighted by atomic mass is 16.7. The minimum absolute atomic E-state index is 0.186. The van der Waals surface area contributed by atoms with E-state index >= 15 is 0 Å². The van der Waals surface area contributed by atoms with Crippen LogP contribution in [0.3, 0.4) is 0 Å². The third-order valence-electron chi connectivity index (χ3n) is 5.04. The molecule has 0 aromatic heterocycles. The average Bonchev–Trinajstić information content (AvgIpc) is 3.30. The zero-order valence-electron chi connectivity index (χ0n) is 14.9. The van der Waals surface area contributed by atoms with Crippen LogP contribution in [0.1, 0.15) is 17.2 Å². The summed E-state index contributed by atoms with van der Waals surface area (Å²) in [6, 6.07) is 9.03. The number of rotatable bonds is 3. The maximum Gasteiger partial charge on any atom is 0.412 e. The molecule has 2 atom stereocenters. The lowest BCUT2D eigenvalue weighted by atomic mass is 9.92. The Morgan fingerprint density at radius 3 is 2.41 bits per heavy atom. The largest absolute Gasteiger partial charge is 0.497 e. The van der Waals surface area contributed by atoms with Crippen LogP contribution in [0.5, 0.6) is 23.0 Å². The number of amides is 1. The van der Waals surface area contributed by atoms with Gasteiger partial charge in [0.1, 0.15) is 24.3 Å². The minimum atomic E-state index is -0.375. The van der Waals surface area contributed by atoms with E-state index < -0.39 is 0 Å². The van der Waals surface area contributed by atoms with Crippen molar-refractivity contribution < 1.29 is 28.5 Å². The predicted octanol–water partition coefficient (Wildman–Crippen LogP) is 2.73. The average molecular weight is 370 g/mol. The second-order valence-electron chi connectivity index (χ2n) is 6.49. The van der Waals surface area contributed by atoms with Crippen molar-refractivity contribution in [2.45, 2.75) is 12.2 Å². The molecule has 2 aromatic rings. The fraction of sp³-hybridized carbons (Fsp3) is 0.316. The van der Waals surface area contributed by atoms with Gasteiger partial charge in [0.2, 0.25) is 6.79 Å². The van der Waals surface area contributed by atoms with Crippen LogP contribution in [0.2, 0.25) is 0 Å². The Kier molecular flexibility index (Phi) is 3.46. The van der Waals surface area contributed by atoms with Gasteiger partial charge in [0, 0.05) is 23.4 Å². The molecule has 0 aliphatic carbocycles. The second kappa shape index (κ2) is 5.87. The van der Waals surface area contributed by atoms with Gasteiger partial charge in [-0.1, -0.05) is 0 Å². The van der Waals surface area contributed by atoms with Gasteiger partial charge >= 0.3 is 6.09 Å². The molecule has 0 spiro atoms. The molecule has 1 saturated heterocycles. The van der Waals surface area contributed by atoms with E-state index in [2.05, 4.69) is 5.32 Å². The van der Waals surface area contributed by atoms with Crippen LogP contribution in [-0.4, -0.2) is 44.8 Å². The quantitative estimate of drug-likeness (QED) is 0.890. The number of hydrogen-bond donors (Lipinski definition) is 1. The Bertz CT molecular complexity index is 908. The molecule has 27 heavy (non-hydrogen) atoms. The van der Waals surface area contributed by atoms with Crippen molar-refractivity contribution >= 4 is 11.8 Å². The number of anilines is 1. The second-order valence-corrected chi connectivity index (χ2v) is 6.49. The van der Waals surface area contributed by atoms with E-state index in [0.29, 0.717) is 23.0 Å². The summed E-state index contributed by atoms with van der Waals surface area (Å²) in [4.78, 5) is 14.2. The molecular weight excluding hydrogens is 352 g/mol. The molecule has 8 nitrogen and oxygen atoms in total. The van der Waals surface area contributed by atoms with E-state index in [1.165, 1.54) is 0 Å². The highest BCUT2D eigenvalue weighted by Gasteiger charge is 2.45. The first kappa shape index (κ1) is 15.9. The Labute approximate surface area is 155 Å². The molecule has 3 aliphatic rings. The standard InChI is InChI=1S/C19H18N2O6/c1-23-11-3-10(4-12(5-11)24-2)18-13-6-15-16(27-9-26-15)7-14(13)20-17-8-25-19(22)21(17)18/h3-7,17-18,20H,8-9H2,1-2H3/t17-,18-/m1/s1. The number of carbonyl (C=O) groups is 1. The van der Waals surface area contributed by atoms with Crippen LogP contribution in [-0.2, 0) is 4.74 Å². The molecule has 0 unspecified atom stereocenters. The summed E-state index contributed by atoms with van der Waals surface area (Å²) in [6.07, 6.45) is -0.643. The van der Waals surface area contributed by atoms with Crippen LogP contribution in [0.25, 0.3) is 0 Å². The third kappa shape index (κ3) is 2.40. The van der Waals surface area contributed by atoms with Crippen molar-refractivity contribution in [3.63, 3.8) is 0 Å². The SMILES string of the molecule is COc1cc(OC)cc([C@@H]2c3cc4c(cc3N[C@H]3COC(=O)N23)OCO4)c1. The van der Waals surface area contributed by atoms with Gasteiger partial charge in [0.15, 0.2) is 11.5 Å². The van der Waals surface area contributed by atoms with E-state index in [9.17, 15) is 4.79 Å². The van der Waals surface area contributed by atoms with Gasteiger partial charge in [-0.15, -0.1) is 0 Å². The molecule has 5 rings (SSSR count). The van der Waals surface area contributed by atoms with E-state index in [1.54, 1.807) is 25.2 Å².